The molecule has 2 rings (SSSR count). The molecule has 0 bridgehead atoms. The summed E-state index contributed by atoms with van der Waals surface area (Å²) in [6.45, 7) is 6.08. The van der Waals surface area contributed by atoms with E-state index in [2.05, 4.69) is 17.1 Å². The van der Waals surface area contributed by atoms with E-state index in [1.807, 2.05) is 0 Å². The predicted octanol–water partition coefficient (Wildman–Crippen LogP) is 0.833. The SMILES string of the molecule is CCN1CCC2NCCCC21. The molecule has 0 spiro atoms. The molecule has 1 N–H and O–H groups in total. The van der Waals surface area contributed by atoms with E-state index in [-0.39, 0.29) is 0 Å². The maximum Gasteiger partial charge on any atom is 0.0250 e. The van der Waals surface area contributed by atoms with E-state index in [9.17, 15) is 0 Å². The van der Waals surface area contributed by atoms with E-state index >= 15 is 0 Å². The van der Waals surface area contributed by atoms with E-state index < -0.39 is 0 Å². The van der Waals surface area contributed by atoms with Crippen LogP contribution in [0.5, 0.6) is 0 Å². The molecule has 2 aliphatic rings. The molecule has 2 nitrogen and oxygen atoms in total. The highest BCUT2D eigenvalue weighted by Gasteiger charge is 2.34. The van der Waals surface area contributed by atoms with Gasteiger partial charge in [0.15, 0.2) is 0 Å². The van der Waals surface area contributed by atoms with Gasteiger partial charge in [0.05, 0.1) is 0 Å². The Labute approximate surface area is 69.0 Å². The minimum absolute atomic E-state index is 0.823. The molecule has 0 aromatic carbocycles. The van der Waals surface area contributed by atoms with Crippen molar-refractivity contribution in [3.63, 3.8) is 0 Å². The smallest absolute Gasteiger partial charge is 0.0250 e. The third-order valence-corrected chi connectivity index (χ3v) is 3.15. The van der Waals surface area contributed by atoms with E-state index in [0.717, 1.165) is 12.1 Å². The molecule has 2 saturated heterocycles. The number of likely N-dealkylation sites (N-methyl/N-ethyl adjacent to an activating group) is 1. The van der Waals surface area contributed by atoms with Gasteiger partial charge in [0.25, 0.3) is 0 Å². The molecule has 0 amide bonds. The van der Waals surface area contributed by atoms with Crippen molar-refractivity contribution in [2.75, 3.05) is 19.6 Å². The van der Waals surface area contributed by atoms with E-state index in [0.29, 0.717) is 0 Å². The third-order valence-electron chi connectivity index (χ3n) is 3.15. The average molecular weight is 154 g/mol. The zero-order valence-electron chi connectivity index (χ0n) is 7.34. The molecular weight excluding hydrogens is 136 g/mol. The van der Waals surface area contributed by atoms with Crippen LogP contribution in [0.3, 0.4) is 0 Å². The van der Waals surface area contributed by atoms with Crippen LogP contribution in [0.2, 0.25) is 0 Å². The number of fused-ring (bicyclic) bond motifs is 1. The Balaban J connectivity index is 1.98. The van der Waals surface area contributed by atoms with E-state index in [1.54, 1.807) is 0 Å². The Bertz CT molecular complexity index is 130. The van der Waals surface area contributed by atoms with Crippen molar-refractivity contribution in [1.29, 1.82) is 0 Å². The molecule has 11 heavy (non-hydrogen) atoms. The van der Waals surface area contributed by atoms with Crippen LogP contribution in [0.15, 0.2) is 0 Å². The van der Waals surface area contributed by atoms with Crippen LogP contribution in [-0.4, -0.2) is 36.6 Å². The van der Waals surface area contributed by atoms with E-state index in [4.69, 9.17) is 0 Å². The topological polar surface area (TPSA) is 15.3 Å². The Morgan fingerprint density at radius 2 is 2.36 bits per heavy atom. The van der Waals surface area contributed by atoms with Crippen LogP contribution in [0.25, 0.3) is 0 Å². The second-order valence-electron chi connectivity index (χ2n) is 3.69. The van der Waals surface area contributed by atoms with Gasteiger partial charge in [0.2, 0.25) is 0 Å². The molecule has 0 aliphatic carbocycles. The molecule has 0 saturated carbocycles. The molecule has 0 aromatic rings. The monoisotopic (exact) mass is 154 g/mol. The van der Waals surface area contributed by atoms with Gasteiger partial charge in [-0.1, -0.05) is 6.92 Å². The minimum Gasteiger partial charge on any atom is -0.312 e. The van der Waals surface area contributed by atoms with Crippen LogP contribution in [-0.2, 0) is 0 Å². The number of rotatable bonds is 1. The lowest BCUT2D eigenvalue weighted by Crippen LogP contribution is -2.46. The first-order valence-electron chi connectivity index (χ1n) is 4.89. The lowest BCUT2D eigenvalue weighted by molar-refractivity contribution is 0.210. The number of nitrogens with zero attached hydrogens (tertiary/aromatic N) is 1. The number of piperidine rings is 1. The molecule has 2 atom stereocenters. The molecule has 0 aromatic heterocycles. The van der Waals surface area contributed by atoms with Gasteiger partial charge in [-0.15, -0.1) is 0 Å². The first kappa shape index (κ1) is 7.56. The zero-order valence-corrected chi connectivity index (χ0v) is 7.34. The van der Waals surface area contributed by atoms with Crippen molar-refractivity contribution in [1.82, 2.24) is 10.2 Å². The molecule has 2 heteroatoms. The fourth-order valence-electron chi connectivity index (χ4n) is 2.53. The van der Waals surface area contributed by atoms with Gasteiger partial charge in [-0.3, -0.25) is 4.90 Å². The normalized spacial score (nSPS) is 39.0. The standard InChI is InChI=1S/C9H18N2/c1-2-11-7-5-8-9(11)4-3-6-10-8/h8-10H,2-7H2,1H3. The Kier molecular flexibility index (Phi) is 2.14. The van der Waals surface area contributed by atoms with Crippen molar-refractivity contribution in [2.45, 2.75) is 38.3 Å². The van der Waals surface area contributed by atoms with Crippen LogP contribution in [0, 0.1) is 0 Å². The molecular formula is C9H18N2. The van der Waals surface area contributed by atoms with Crippen molar-refractivity contribution in [3.05, 3.63) is 0 Å². The quantitative estimate of drug-likeness (QED) is 0.602. The lowest BCUT2D eigenvalue weighted by Gasteiger charge is -2.31. The Morgan fingerprint density at radius 3 is 3.18 bits per heavy atom. The largest absolute Gasteiger partial charge is 0.312 e. The maximum atomic E-state index is 3.60. The molecule has 2 unspecified atom stereocenters. The van der Waals surface area contributed by atoms with Crippen molar-refractivity contribution >= 4 is 0 Å². The number of hydrogen-bond donors (Lipinski definition) is 1. The fraction of sp³-hybridized carbons (Fsp3) is 1.00. The summed E-state index contributed by atoms with van der Waals surface area (Å²) in [5, 5.41) is 3.60. The highest BCUT2D eigenvalue weighted by Crippen LogP contribution is 2.24. The molecule has 2 aliphatic heterocycles. The van der Waals surface area contributed by atoms with Crippen LogP contribution >= 0.6 is 0 Å². The summed E-state index contributed by atoms with van der Waals surface area (Å²) >= 11 is 0. The Morgan fingerprint density at radius 1 is 1.45 bits per heavy atom. The zero-order chi connectivity index (χ0) is 7.68. The molecule has 2 heterocycles. The van der Waals surface area contributed by atoms with Crippen LogP contribution in [0.4, 0.5) is 0 Å². The summed E-state index contributed by atoms with van der Waals surface area (Å²) < 4.78 is 0. The van der Waals surface area contributed by atoms with Gasteiger partial charge >= 0.3 is 0 Å². The van der Waals surface area contributed by atoms with Gasteiger partial charge in [-0.05, 0) is 32.4 Å². The van der Waals surface area contributed by atoms with Gasteiger partial charge in [0, 0.05) is 18.6 Å². The number of likely N-dealkylation sites (tertiary alicyclic amines) is 1. The van der Waals surface area contributed by atoms with Crippen LogP contribution < -0.4 is 5.32 Å². The maximum absolute atomic E-state index is 3.60. The van der Waals surface area contributed by atoms with Gasteiger partial charge in [0.1, 0.15) is 0 Å². The molecule has 0 radical (unpaired) electrons. The number of nitrogens with one attached hydrogen (secondary N) is 1. The second kappa shape index (κ2) is 3.11. The summed E-state index contributed by atoms with van der Waals surface area (Å²) in [5.41, 5.74) is 0. The minimum atomic E-state index is 0.823. The summed E-state index contributed by atoms with van der Waals surface area (Å²) in [4.78, 5) is 2.62. The van der Waals surface area contributed by atoms with Gasteiger partial charge < -0.3 is 5.32 Å². The highest BCUT2D eigenvalue weighted by atomic mass is 15.2. The summed E-state index contributed by atoms with van der Waals surface area (Å²) in [6.07, 6.45) is 4.17. The first-order valence-corrected chi connectivity index (χ1v) is 4.89. The lowest BCUT2D eigenvalue weighted by atomic mass is 10.00. The summed E-state index contributed by atoms with van der Waals surface area (Å²) in [7, 11) is 0. The fourth-order valence-corrected chi connectivity index (χ4v) is 2.53. The Hall–Kier alpha value is -0.0800. The van der Waals surface area contributed by atoms with Crippen molar-refractivity contribution in [3.8, 4) is 0 Å². The van der Waals surface area contributed by atoms with E-state index in [1.165, 1.54) is 38.9 Å². The molecule has 2 fully saturated rings. The molecule has 64 valence electrons. The highest BCUT2D eigenvalue weighted by molar-refractivity contribution is 4.93. The third kappa shape index (κ3) is 1.30. The van der Waals surface area contributed by atoms with Gasteiger partial charge in [-0.2, -0.15) is 0 Å². The van der Waals surface area contributed by atoms with Crippen LogP contribution in [0.1, 0.15) is 26.2 Å². The second-order valence-corrected chi connectivity index (χ2v) is 3.69. The predicted molar refractivity (Wildman–Crippen MR) is 46.7 cm³/mol. The summed E-state index contributed by atoms with van der Waals surface area (Å²) in [6, 6.07) is 1.69. The van der Waals surface area contributed by atoms with Crippen molar-refractivity contribution in [2.24, 2.45) is 0 Å². The van der Waals surface area contributed by atoms with Crippen molar-refractivity contribution < 1.29 is 0 Å². The average Bonchev–Trinajstić information content (AvgIpc) is 2.47. The first-order chi connectivity index (χ1) is 5.42. The number of hydrogen-bond acceptors (Lipinski definition) is 2. The summed E-state index contributed by atoms with van der Waals surface area (Å²) in [5.74, 6) is 0. The van der Waals surface area contributed by atoms with Gasteiger partial charge in [-0.25, -0.2) is 0 Å².